The highest BCUT2D eigenvalue weighted by molar-refractivity contribution is 5.95. The van der Waals surface area contributed by atoms with Crippen LogP contribution in [0.3, 0.4) is 0 Å². The molecule has 4 nitrogen and oxygen atoms in total. The number of aryl methyl sites for hydroxylation is 2. The van der Waals surface area contributed by atoms with E-state index in [1.165, 1.54) is 5.56 Å². The molecule has 0 radical (unpaired) electrons. The largest absolute Gasteiger partial charge is 0.324 e. The first kappa shape index (κ1) is 12.9. The number of nitrogens with zero attached hydrogens (tertiary/aromatic N) is 2. The third-order valence-corrected chi connectivity index (χ3v) is 3.56. The zero-order chi connectivity index (χ0) is 13.3. The number of amides is 2. The zero-order valence-electron chi connectivity index (χ0n) is 11.5. The Hall–Kier alpha value is -1.55. The highest BCUT2D eigenvalue weighted by Gasteiger charge is 2.35. The van der Waals surface area contributed by atoms with Crippen molar-refractivity contribution in [2.75, 3.05) is 32.1 Å². The Morgan fingerprint density at radius 1 is 1.39 bits per heavy atom. The number of anilines is 1. The van der Waals surface area contributed by atoms with E-state index in [0.717, 1.165) is 24.3 Å². The molecule has 1 aliphatic rings. The molecule has 2 amide bonds. The van der Waals surface area contributed by atoms with Crippen molar-refractivity contribution in [3.8, 4) is 0 Å². The molecule has 1 N–H and O–H groups in total. The summed E-state index contributed by atoms with van der Waals surface area (Å²) in [4.78, 5) is 15.9. The molecule has 0 aromatic heterocycles. The summed E-state index contributed by atoms with van der Waals surface area (Å²) in [7, 11) is 3.78. The lowest BCUT2D eigenvalue weighted by atomic mass is 10.1. The van der Waals surface area contributed by atoms with Gasteiger partial charge < -0.3 is 10.2 Å². The summed E-state index contributed by atoms with van der Waals surface area (Å²) in [5.74, 6) is 0. The molecule has 1 aliphatic heterocycles. The van der Waals surface area contributed by atoms with E-state index >= 15 is 0 Å². The smallest absolute Gasteiger partial charge is 0.321 e. The van der Waals surface area contributed by atoms with Crippen LogP contribution in [-0.4, -0.2) is 44.2 Å². The Labute approximate surface area is 109 Å². The van der Waals surface area contributed by atoms with E-state index < -0.39 is 0 Å². The molecule has 1 unspecified atom stereocenters. The molecular formula is C14H21N3O. The Bertz CT molecular complexity index is 458. The minimum atomic E-state index is 0.0854. The molecule has 0 aliphatic carbocycles. The molecule has 2 rings (SSSR count). The van der Waals surface area contributed by atoms with Crippen molar-refractivity contribution in [2.24, 2.45) is 0 Å². The van der Waals surface area contributed by atoms with E-state index in [-0.39, 0.29) is 12.1 Å². The van der Waals surface area contributed by atoms with E-state index in [1.54, 1.807) is 0 Å². The summed E-state index contributed by atoms with van der Waals surface area (Å²) in [5.41, 5.74) is 3.40. The van der Waals surface area contributed by atoms with Gasteiger partial charge in [-0.2, -0.15) is 0 Å². The van der Waals surface area contributed by atoms with Crippen LogP contribution in [0.5, 0.6) is 0 Å². The van der Waals surface area contributed by atoms with Gasteiger partial charge in [0.05, 0.1) is 6.04 Å². The van der Waals surface area contributed by atoms with Gasteiger partial charge in [0.25, 0.3) is 0 Å². The zero-order valence-corrected chi connectivity index (χ0v) is 11.5. The average Bonchev–Trinajstić information content (AvgIpc) is 2.58. The average molecular weight is 247 g/mol. The molecule has 4 heteroatoms. The molecule has 1 fully saturated rings. The fourth-order valence-corrected chi connectivity index (χ4v) is 2.50. The van der Waals surface area contributed by atoms with Crippen molar-refractivity contribution in [2.45, 2.75) is 19.9 Å². The Balaban J connectivity index is 2.26. The number of carbonyl (C=O) groups excluding carboxylic acids is 1. The van der Waals surface area contributed by atoms with Gasteiger partial charge in [0, 0.05) is 25.8 Å². The lowest BCUT2D eigenvalue weighted by molar-refractivity contribution is 0.218. The van der Waals surface area contributed by atoms with Gasteiger partial charge >= 0.3 is 6.03 Å². The molecule has 98 valence electrons. The van der Waals surface area contributed by atoms with Crippen LogP contribution in [0.15, 0.2) is 18.2 Å². The number of rotatable bonds is 3. The number of urea groups is 1. The molecule has 18 heavy (non-hydrogen) atoms. The second kappa shape index (κ2) is 4.98. The van der Waals surface area contributed by atoms with E-state index in [1.807, 2.05) is 30.0 Å². The van der Waals surface area contributed by atoms with Gasteiger partial charge in [0.15, 0.2) is 0 Å². The first-order valence-corrected chi connectivity index (χ1v) is 6.30. The van der Waals surface area contributed by atoms with Crippen molar-refractivity contribution in [3.63, 3.8) is 0 Å². The third kappa shape index (κ3) is 2.20. The van der Waals surface area contributed by atoms with Gasteiger partial charge in [-0.25, -0.2) is 4.79 Å². The lowest BCUT2D eigenvalue weighted by Crippen LogP contribution is -2.37. The number of likely N-dealkylation sites (N-methyl/N-ethyl adjacent to an activating group) is 2. The second-order valence-electron chi connectivity index (χ2n) is 5.01. The van der Waals surface area contributed by atoms with Crippen molar-refractivity contribution >= 4 is 11.7 Å². The SMILES string of the molecule is CNCC1CN(c2ccc(C)cc2C)C(=O)N1C. The summed E-state index contributed by atoms with van der Waals surface area (Å²) in [6.45, 7) is 5.70. The molecule has 1 saturated heterocycles. The molecule has 0 saturated carbocycles. The number of hydrogen-bond donors (Lipinski definition) is 1. The highest BCUT2D eigenvalue weighted by Crippen LogP contribution is 2.26. The van der Waals surface area contributed by atoms with Crippen molar-refractivity contribution in [1.82, 2.24) is 10.2 Å². The van der Waals surface area contributed by atoms with Crippen LogP contribution in [0.4, 0.5) is 10.5 Å². The molecule has 1 heterocycles. The minimum absolute atomic E-state index is 0.0854. The molecule has 1 aromatic carbocycles. The first-order chi connectivity index (χ1) is 8.54. The van der Waals surface area contributed by atoms with E-state index in [2.05, 4.69) is 31.3 Å². The number of benzene rings is 1. The Kier molecular flexibility index (Phi) is 3.57. The molecule has 0 spiro atoms. The van der Waals surface area contributed by atoms with Gasteiger partial charge in [-0.3, -0.25) is 4.90 Å². The van der Waals surface area contributed by atoms with Crippen molar-refractivity contribution in [1.29, 1.82) is 0 Å². The van der Waals surface area contributed by atoms with Gasteiger partial charge in [0.1, 0.15) is 0 Å². The number of hydrogen-bond acceptors (Lipinski definition) is 2. The minimum Gasteiger partial charge on any atom is -0.321 e. The maximum absolute atomic E-state index is 12.3. The summed E-state index contributed by atoms with van der Waals surface area (Å²) < 4.78 is 0. The van der Waals surface area contributed by atoms with Crippen molar-refractivity contribution < 1.29 is 4.79 Å². The van der Waals surface area contributed by atoms with Crippen LogP contribution in [0.25, 0.3) is 0 Å². The van der Waals surface area contributed by atoms with E-state index in [9.17, 15) is 4.79 Å². The maximum Gasteiger partial charge on any atom is 0.324 e. The second-order valence-corrected chi connectivity index (χ2v) is 5.01. The molecule has 1 aromatic rings. The fraction of sp³-hybridized carbons (Fsp3) is 0.500. The first-order valence-electron chi connectivity index (χ1n) is 6.30. The van der Waals surface area contributed by atoms with Crippen LogP contribution in [0.2, 0.25) is 0 Å². The summed E-state index contributed by atoms with van der Waals surface area (Å²) in [6, 6.07) is 6.54. The fourth-order valence-electron chi connectivity index (χ4n) is 2.50. The summed E-state index contributed by atoms with van der Waals surface area (Å²) in [6.07, 6.45) is 0. The quantitative estimate of drug-likeness (QED) is 0.883. The Morgan fingerprint density at radius 2 is 2.11 bits per heavy atom. The highest BCUT2D eigenvalue weighted by atomic mass is 16.2. The summed E-state index contributed by atoms with van der Waals surface area (Å²) >= 11 is 0. The van der Waals surface area contributed by atoms with Crippen LogP contribution >= 0.6 is 0 Å². The van der Waals surface area contributed by atoms with Crippen LogP contribution in [-0.2, 0) is 0 Å². The van der Waals surface area contributed by atoms with Gasteiger partial charge in [-0.05, 0) is 32.5 Å². The lowest BCUT2D eigenvalue weighted by Gasteiger charge is -2.18. The van der Waals surface area contributed by atoms with Gasteiger partial charge in [0.2, 0.25) is 0 Å². The van der Waals surface area contributed by atoms with Crippen molar-refractivity contribution in [3.05, 3.63) is 29.3 Å². The monoisotopic (exact) mass is 247 g/mol. The summed E-state index contributed by atoms with van der Waals surface area (Å²) in [5, 5.41) is 3.14. The molecule has 0 bridgehead atoms. The number of carbonyl (C=O) groups is 1. The van der Waals surface area contributed by atoms with Crippen LogP contribution in [0.1, 0.15) is 11.1 Å². The Morgan fingerprint density at radius 3 is 2.72 bits per heavy atom. The standard InChI is InChI=1S/C14H21N3O/c1-10-5-6-13(11(2)7-10)17-9-12(8-15-3)16(4)14(17)18/h5-7,12,15H,8-9H2,1-4H3. The molecule has 1 atom stereocenters. The normalized spacial score (nSPS) is 19.8. The van der Waals surface area contributed by atoms with Gasteiger partial charge in [-0.1, -0.05) is 17.7 Å². The topological polar surface area (TPSA) is 35.6 Å². The molecular weight excluding hydrogens is 226 g/mol. The predicted octanol–water partition coefficient (Wildman–Crippen LogP) is 1.76. The van der Waals surface area contributed by atoms with Crippen LogP contribution < -0.4 is 10.2 Å². The van der Waals surface area contributed by atoms with Gasteiger partial charge in [-0.15, -0.1) is 0 Å². The maximum atomic E-state index is 12.3. The van der Waals surface area contributed by atoms with E-state index in [4.69, 9.17) is 0 Å². The predicted molar refractivity (Wildman–Crippen MR) is 74.1 cm³/mol. The van der Waals surface area contributed by atoms with Crippen LogP contribution in [0, 0.1) is 13.8 Å². The third-order valence-electron chi connectivity index (χ3n) is 3.56. The number of nitrogens with one attached hydrogen (secondary N) is 1. The van der Waals surface area contributed by atoms with E-state index in [0.29, 0.717) is 0 Å².